The molecule has 0 fully saturated rings. The molecule has 1 aromatic carbocycles. The van der Waals surface area contributed by atoms with Gasteiger partial charge in [-0.15, -0.1) is 0 Å². The Morgan fingerprint density at radius 2 is 1.30 bits per heavy atom. The van der Waals surface area contributed by atoms with Crippen LogP contribution < -0.4 is 10.6 Å². The molecule has 5 nitrogen and oxygen atoms in total. The van der Waals surface area contributed by atoms with Gasteiger partial charge in [0.15, 0.2) is 0 Å². The largest absolute Gasteiger partial charge is 0.377 e. The molecule has 192 valence electrons. The van der Waals surface area contributed by atoms with Crippen molar-refractivity contribution < 1.29 is 4.74 Å². The van der Waals surface area contributed by atoms with Crippen molar-refractivity contribution in [1.82, 2.24) is 20.4 Å². The first-order valence-corrected chi connectivity index (χ1v) is 13.4. The molecule has 0 unspecified atom stereocenters. The highest BCUT2D eigenvalue weighted by molar-refractivity contribution is 5.13. The van der Waals surface area contributed by atoms with Gasteiger partial charge in [0.1, 0.15) is 0 Å². The molecule has 0 saturated carbocycles. The fourth-order valence-electron chi connectivity index (χ4n) is 4.43. The lowest BCUT2D eigenvalue weighted by Crippen LogP contribution is -2.35. The molecule has 0 radical (unpaired) electrons. The quantitative estimate of drug-likeness (QED) is 0.232. The van der Waals surface area contributed by atoms with E-state index in [-0.39, 0.29) is 0 Å². The lowest BCUT2D eigenvalue weighted by atomic mass is 9.99. The molecule has 0 atom stereocenters. The Balaban J connectivity index is 2.24. The second-order valence-corrected chi connectivity index (χ2v) is 9.75. The summed E-state index contributed by atoms with van der Waals surface area (Å²) < 4.78 is 5.84. The van der Waals surface area contributed by atoms with Crippen molar-refractivity contribution in [3.8, 4) is 0 Å². The van der Waals surface area contributed by atoms with Crippen LogP contribution in [-0.4, -0.2) is 83.9 Å². The first kappa shape index (κ1) is 30.1. The molecule has 1 aromatic rings. The number of ether oxygens (including phenoxy) is 1. The van der Waals surface area contributed by atoms with Gasteiger partial charge in [0.05, 0.1) is 6.61 Å². The average Bonchev–Trinajstić information content (AvgIpc) is 2.82. The highest BCUT2D eigenvalue weighted by atomic mass is 16.5. The third-order valence-corrected chi connectivity index (χ3v) is 6.34. The Kier molecular flexibility index (Phi) is 19.6. The second kappa shape index (κ2) is 21.5. The van der Waals surface area contributed by atoms with Crippen LogP contribution in [0.15, 0.2) is 30.3 Å². The Hall–Kier alpha value is -0.980. The van der Waals surface area contributed by atoms with E-state index in [0.29, 0.717) is 0 Å². The van der Waals surface area contributed by atoms with E-state index in [1.165, 1.54) is 89.5 Å². The molecule has 0 aliphatic rings. The van der Waals surface area contributed by atoms with Crippen LogP contribution in [0.2, 0.25) is 0 Å². The summed E-state index contributed by atoms with van der Waals surface area (Å²) in [6.45, 7) is 8.74. The number of benzene rings is 1. The molecular formula is C28H54N4O. The Morgan fingerprint density at radius 3 is 1.88 bits per heavy atom. The van der Waals surface area contributed by atoms with Gasteiger partial charge in [-0.25, -0.2) is 0 Å². The lowest BCUT2D eigenvalue weighted by Gasteiger charge is -2.28. The third kappa shape index (κ3) is 18.1. The van der Waals surface area contributed by atoms with Crippen LogP contribution in [0.4, 0.5) is 0 Å². The van der Waals surface area contributed by atoms with Gasteiger partial charge < -0.3 is 25.2 Å². The minimum atomic E-state index is 0.740. The zero-order valence-corrected chi connectivity index (χ0v) is 22.3. The number of rotatable bonds is 23. The molecule has 0 heterocycles. The number of hydrogen-bond acceptors (Lipinski definition) is 5. The van der Waals surface area contributed by atoms with Crippen LogP contribution in [0.25, 0.3) is 0 Å². The molecule has 0 spiro atoms. The summed E-state index contributed by atoms with van der Waals surface area (Å²) in [6.07, 6.45) is 11.6. The van der Waals surface area contributed by atoms with E-state index < -0.39 is 0 Å². The van der Waals surface area contributed by atoms with Crippen molar-refractivity contribution in [2.45, 2.75) is 64.4 Å². The highest BCUT2D eigenvalue weighted by Gasteiger charge is 2.14. The van der Waals surface area contributed by atoms with Gasteiger partial charge in [0.2, 0.25) is 0 Å². The molecule has 0 bridgehead atoms. The topological polar surface area (TPSA) is 39.8 Å². The number of nitrogens with zero attached hydrogens (tertiary/aromatic N) is 2. The Labute approximate surface area is 205 Å². The van der Waals surface area contributed by atoms with E-state index in [9.17, 15) is 0 Å². The molecule has 33 heavy (non-hydrogen) atoms. The normalized spacial score (nSPS) is 11.8. The molecule has 2 N–H and O–H groups in total. The predicted molar refractivity (Wildman–Crippen MR) is 144 cm³/mol. The summed E-state index contributed by atoms with van der Waals surface area (Å²) in [7, 11) is 8.70. The maximum absolute atomic E-state index is 5.84. The fourth-order valence-corrected chi connectivity index (χ4v) is 4.43. The summed E-state index contributed by atoms with van der Waals surface area (Å²) in [5.74, 6) is 0.767. The zero-order valence-electron chi connectivity index (χ0n) is 22.3. The van der Waals surface area contributed by atoms with Gasteiger partial charge >= 0.3 is 0 Å². The lowest BCUT2D eigenvalue weighted by molar-refractivity contribution is 0.116. The van der Waals surface area contributed by atoms with Crippen molar-refractivity contribution in [2.24, 2.45) is 5.92 Å². The summed E-state index contributed by atoms with van der Waals surface area (Å²) in [5.41, 5.74) is 1.27. The molecule has 0 amide bonds. The van der Waals surface area contributed by atoms with Gasteiger partial charge in [-0.3, -0.25) is 0 Å². The fraction of sp³-hybridized carbons (Fsp3) is 0.786. The Morgan fingerprint density at radius 1 is 0.727 bits per heavy atom. The third-order valence-electron chi connectivity index (χ3n) is 6.34. The van der Waals surface area contributed by atoms with Crippen LogP contribution in [-0.2, 0) is 11.3 Å². The average molecular weight is 463 g/mol. The standard InChI is InChI=1S/C28H54N4O/c1-29-19-11-13-21-31(3)24-28(25-32(4)22-14-12-20-30-2)18-8-5-6-15-23-33-26-27-16-9-7-10-17-27/h7,9-10,16-17,28-30H,5-6,8,11-15,18-26H2,1-4H3. The van der Waals surface area contributed by atoms with E-state index in [1.54, 1.807) is 0 Å². The van der Waals surface area contributed by atoms with E-state index in [0.717, 1.165) is 32.2 Å². The zero-order chi connectivity index (χ0) is 24.0. The minimum absolute atomic E-state index is 0.740. The maximum Gasteiger partial charge on any atom is 0.0716 e. The minimum Gasteiger partial charge on any atom is -0.377 e. The van der Waals surface area contributed by atoms with Crippen molar-refractivity contribution in [1.29, 1.82) is 0 Å². The van der Waals surface area contributed by atoms with E-state index >= 15 is 0 Å². The van der Waals surface area contributed by atoms with Crippen molar-refractivity contribution >= 4 is 0 Å². The summed E-state index contributed by atoms with van der Waals surface area (Å²) in [6, 6.07) is 10.5. The Bertz CT molecular complexity index is 508. The number of unbranched alkanes of at least 4 members (excludes halogenated alkanes) is 5. The molecule has 0 aliphatic heterocycles. The van der Waals surface area contributed by atoms with Gasteiger partial charge in [-0.2, -0.15) is 0 Å². The summed E-state index contributed by atoms with van der Waals surface area (Å²) in [5, 5.41) is 6.52. The number of hydrogen-bond donors (Lipinski definition) is 2. The maximum atomic E-state index is 5.84. The van der Waals surface area contributed by atoms with Crippen LogP contribution in [0, 0.1) is 5.92 Å². The van der Waals surface area contributed by atoms with Crippen LogP contribution in [0.3, 0.4) is 0 Å². The van der Waals surface area contributed by atoms with E-state index in [1.807, 2.05) is 14.1 Å². The second-order valence-electron chi connectivity index (χ2n) is 9.75. The van der Waals surface area contributed by atoms with Crippen LogP contribution in [0.1, 0.15) is 63.4 Å². The van der Waals surface area contributed by atoms with Crippen molar-refractivity contribution in [2.75, 3.05) is 74.1 Å². The van der Waals surface area contributed by atoms with Crippen LogP contribution in [0.5, 0.6) is 0 Å². The number of nitrogens with one attached hydrogen (secondary N) is 2. The van der Waals surface area contributed by atoms with E-state index in [2.05, 4.69) is 64.9 Å². The van der Waals surface area contributed by atoms with Gasteiger partial charge in [-0.05, 0) is 104 Å². The van der Waals surface area contributed by atoms with Gasteiger partial charge in [0, 0.05) is 19.7 Å². The van der Waals surface area contributed by atoms with Gasteiger partial charge in [-0.1, -0.05) is 49.6 Å². The van der Waals surface area contributed by atoms with Crippen LogP contribution >= 0.6 is 0 Å². The molecular weight excluding hydrogens is 408 g/mol. The molecule has 0 aliphatic carbocycles. The van der Waals surface area contributed by atoms with Gasteiger partial charge in [0.25, 0.3) is 0 Å². The predicted octanol–water partition coefficient (Wildman–Crippen LogP) is 4.63. The summed E-state index contributed by atoms with van der Waals surface area (Å²) in [4.78, 5) is 5.12. The van der Waals surface area contributed by atoms with Crippen molar-refractivity contribution in [3.63, 3.8) is 0 Å². The first-order valence-electron chi connectivity index (χ1n) is 13.4. The SMILES string of the molecule is CNCCCCN(C)CC(CCCCCCOCc1ccccc1)CN(C)CCCCNC. The smallest absolute Gasteiger partial charge is 0.0716 e. The highest BCUT2D eigenvalue weighted by Crippen LogP contribution is 2.15. The molecule has 0 aromatic heterocycles. The molecule has 0 saturated heterocycles. The summed E-state index contributed by atoms with van der Waals surface area (Å²) >= 11 is 0. The monoisotopic (exact) mass is 462 g/mol. The van der Waals surface area contributed by atoms with Crippen molar-refractivity contribution in [3.05, 3.63) is 35.9 Å². The first-order chi connectivity index (χ1) is 16.2. The molecule has 5 heteroatoms. The molecule has 1 rings (SSSR count). The van der Waals surface area contributed by atoms with E-state index in [4.69, 9.17) is 4.74 Å².